The zero-order valence-electron chi connectivity index (χ0n) is 34.5. The standard InChI is InChI=1S/3C20H13.CH3.Sn/c3*1-2-8-14-13(7-1)19-15-9-3-5-11-17(15)20(14)18-12-6-4-10-16(18)19;;/h3*1-12,19H;1H3;. The first kappa shape index (κ1) is 34.4. The van der Waals surface area contributed by atoms with Gasteiger partial charge in [0.15, 0.2) is 0 Å². The van der Waals surface area contributed by atoms with E-state index in [1.54, 1.807) is 0 Å². The zero-order chi connectivity index (χ0) is 40.6. The maximum atomic E-state index is 3.01. The van der Waals surface area contributed by atoms with Gasteiger partial charge in [0.1, 0.15) is 0 Å². The summed E-state index contributed by atoms with van der Waals surface area (Å²) in [6.07, 6.45) is 0. The van der Waals surface area contributed by atoms with Gasteiger partial charge < -0.3 is 0 Å². The van der Waals surface area contributed by atoms with Crippen LogP contribution in [0.5, 0.6) is 0 Å². The topological polar surface area (TPSA) is 0 Å². The SMILES string of the molecule is [CH3][Sn]([C]12c3ccccc3C(c3ccccc31)c1ccccc12)([C]12c3ccccc3C(c3ccccc31)c1ccccc12)[C]12c3ccccc3C(c3ccccc31)c1ccccc12. The molecule has 0 radical (unpaired) electrons. The molecule has 0 saturated carbocycles. The Morgan fingerprint density at radius 2 is 0.355 bits per heavy atom. The summed E-state index contributed by atoms with van der Waals surface area (Å²) in [5.41, 5.74) is 27.2. The fourth-order valence-electron chi connectivity index (χ4n) is 15.9. The predicted octanol–water partition coefficient (Wildman–Crippen LogP) is 13.2. The Bertz CT molecular complexity index is 2730. The van der Waals surface area contributed by atoms with Gasteiger partial charge in [-0.2, -0.15) is 0 Å². The third kappa shape index (κ3) is 3.40. The third-order valence-electron chi connectivity index (χ3n) is 17.3. The molecule has 0 atom stereocenters. The van der Waals surface area contributed by atoms with E-state index in [2.05, 4.69) is 223 Å². The summed E-state index contributed by atoms with van der Waals surface area (Å²) < 4.78 is -1.45. The molecule has 0 fully saturated rings. The Morgan fingerprint density at radius 1 is 0.226 bits per heavy atom. The quantitative estimate of drug-likeness (QED) is 0.155. The Labute approximate surface area is 367 Å². The van der Waals surface area contributed by atoms with Crippen molar-refractivity contribution in [1.29, 1.82) is 0 Å². The predicted molar refractivity (Wildman–Crippen MR) is 252 cm³/mol. The minimum atomic E-state index is -5.13. The number of hydrogen-bond donors (Lipinski definition) is 0. The number of hydrogen-bond acceptors (Lipinski definition) is 0. The molecule has 0 spiro atoms. The second-order valence-corrected chi connectivity index (χ2v) is 31.8. The van der Waals surface area contributed by atoms with Gasteiger partial charge in [0.25, 0.3) is 0 Å². The van der Waals surface area contributed by atoms with Crippen LogP contribution in [-0.2, 0) is 10.3 Å². The summed E-state index contributed by atoms with van der Waals surface area (Å²) in [6.45, 7) is 0. The average Bonchev–Trinajstić information content (AvgIpc) is 3.35. The van der Waals surface area contributed by atoms with Crippen molar-refractivity contribution in [3.05, 3.63) is 319 Å². The molecular weight excluding hydrogens is 851 g/mol. The van der Waals surface area contributed by atoms with Gasteiger partial charge in [0, 0.05) is 0 Å². The summed E-state index contributed by atoms with van der Waals surface area (Å²) in [5.74, 6) is 0.525. The van der Waals surface area contributed by atoms with Crippen molar-refractivity contribution in [2.45, 2.75) is 33.0 Å². The Hall–Kier alpha value is -6.22. The molecule has 290 valence electrons. The summed E-state index contributed by atoms with van der Waals surface area (Å²) in [5, 5.41) is 0. The van der Waals surface area contributed by atoms with Crippen molar-refractivity contribution in [3.8, 4) is 0 Å². The fourth-order valence-corrected chi connectivity index (χ4v) is 40.4. The number of benzene rings is 9. The van der Waals surface area contributed by atoms with Crippen LogP contribution < -0.4 is 0 Å². The number of rotatable bonds is 3. The zero-order valence-corrected chi connectivity index (χ0v) is 37.4. The molecule has 62 heavy (non-hydrogen) atoms. The Morgan fingerprint density at radius 3 is 0.500 bits per heavy atom. The molecule has 9 aliphatic rings. The summed E-state index contributed by atoms with van der Waals surface area (Å²) in [6, 6.07) is 88.0. The van der Waals surface area contributed by atoms with Crippen LogP contribution in [0.1, 0.15) is 118 Å². The van der Waals surface area contributed by atoms with Gasteiger partial charge in [-0.15, -0.1) is 0 Å². The van der Waals surface area contributed by atoms with Crippen molar-refractivity contribution in [1.82, 2.24) is 0 Å². The molecule has 1 heteroatoms. The van der Waals surface area contributed by atoms with Crippen LogP contribution in [-0.4, -0.2) is 18.4 Å². The van der Waals surface area contributed by atoms with E-state index in [4.69, 9.17) is 0 Å². The molecule has 0 N–H and O–H groups in total. The molecule has 0 aromatic heterocycles. The van der Waals surface area contributed by atoms with Gasteiger partial charge in [-0.25, -0.2) is 0 Å². The minimum absolute atomic E-state index is 0.175. The van der Waals surface area contributed by atoms with Crippen LogP contribution in [0.3, 0.4) is 0 Å². The van der Waals surface area contributed by atoms with Crippen LogP contribution in [0, 0.1) is 0 Å². The van der Waals surface area contributed by atoms with Gasteiger partial charge in [-0.1, -0.05) is 0 Å². The summed E-state index contributed by atoms with van der Waals surface area (Å²) >= 11 is -5.13. The normalized spacial score (nSPS) is 26.0. The first-order chi connectivity index (χ1) is 30.7. The van der Waals surface area contributed by atoms with E-state index in [9.17, 15) is 0 Å². The van der Waals surface area contributed by atoms with Crippen LogP contribution in [0.2, 0.25) is 4.94 Å². The molecule has 0 heterocycles. The average molecular weight is 894 g/mol. The van der Waals surface area contributed by atoms with Crippen molar-refractivity contribution in [3.63, 3.8) is 0 Å². The van der Waals surface area contributed by atoms with Gasteiger partial charge >= 0.3 is 370 Å². The van der Waals surface area contributed by atoms with Gasteiger partial charge in [0.05, 0.1) is 0 Å². The van der Waals surface area contributed by atoms with E-state index in [0.717, 1.165) is 0 Å². The van der Waals surface area contributed by atoms with Crippen LogP contribution >= 0.6 is 0 Å². The van der Waals surface area contributed by atoms with Crippen molar-refractivity contribution in [2.75, 3.05) is 0 Å². The molecule has 9 aromatic rings. The maximum absolute atomic E-state index is 5.13. The van der Waals surface area contributed by atoms with E-state index < -0.39 is 28.7 Å². The van der Waals surface area contributed by atoms with Gasteiger partial charge in [-0.3, -0.25) is 0 Å². The Kier molecular flexibility index (Phi) is 6.44. The van der Waals surface area contributed by atoms with E-state index in [1.165, 1.54) is 100 Å². The first-order valence-electron chi connectivity index (χ1n) is 22.5. The van der Waals surface area contributed by atoms with Crippen molar-refractivity contribution < 1.29 is 0 Å². The van der Waals surface area contributed by atoms with Crippen molar-refractivity contribution >= 4 is 18.4 Å². The van der Waals surface area contributed by atoms with Crippen LogP contribution in [0.4, 0.5) is 0 Å². The molecule has 18 rings (SSSR count). The molecule has 0 aliphatic heterocycles. The fraction of sp³-hybridized carbons (Fsp3) is 0.115. The molecule has 9 aromatic carbocycles. The second-order valence-electron chi connectivity index (χ2n) is 19.0. The molecule has 0 nitrogen and oxygen atoms in total. The molecule has 0 saturated heterocycles. The van der Waals surface area contributed by atoms with E-state index in [-0.39, 0.29) is 17.8 Å². The molecule has 6 bridgehead atoms. The molecule has 0 unspecified atom stereocenters. The van der Waals surface area contributed by atoms with E-state index in [0.29, 0.717) is 0 Å². The Balaban J connectivity index is 1.31. The molecular formula is C61H42Sn. The molecule has 0 amide bonds. The van der Waals surface area contributed by atoms with Crippen molar-refractivity contribution in [2.24, 2.45) is 0 Å². The van der Waals surface area contributed by atoms with Crippen LogP contribution in [0.25, 0.3) is 0 Å². The second kappa shape index (κ2) is 11.6. The van der Waals surface area contributed by atoms with E-state index in [1.807, 2.05) is 0 Å². The van der Waals surface area contributed by atoms with E-state index >= 15 is 0 Å². The summed E-state index contributed by atoms with van der Waals surface area (Å²) in [4.78, 5) is 3.01. The van der Waals surface area contributed by atoms with Gasteiger partial charge in [-0.05, 0) is 0 Å². The monoisotopic (exact) mass is 894 g/mol. The molecule has 9 aliphatic carbocycles. The summed E-state index contributed by atoms with van der Waals surface area (Å²) in [7, 11) is 0. The third-order valence-corrected chi connectivity index (χ3v) is 37.1. The first-order valence-corrected chi connectivity index (χ1v) is 29.7. The van der Waals surface area contributed by atoms with Crippen LogP contribution in [0.15, 0.2) is 218 Å². The van der Waals surface area contributed by atoms with Gasteiger partial charge in [0.2, 0.25) is 0 Å².